The van der Waals surface area contributed by atoms with Crippen LogP contribution in [-0.4, -0.2) is 49.1 Å². The Kier molecular flexibility index (Phi) is 6.52. The Morgan fingerprint density at radius 3 is 2.67 bits per heavy atom. The average Bonchev–Trinajstić information content (AvgIpc) is 2.53. The summed E-state index contributed by atoms with van der Waals surface area (Å²) in [6.45, 7) is 9.06. The van der Waals surface area contributed by atoms with Gasteiger partial charge in [-0.3, -0.25) is 9.80 Å². The van der Waals surface area contributed by atoms with Gasteiger partial charge in [0.15, 0.2) is 0 Å². The first-order valence-electron chi connectivity index (χ1n) is 7.85. The first kappa shape index (κ1) is 15.8. The zero-order chi connectivity index (χ0) is 14.9. The van der Waals surface area contributed by atoms with E-state index < -0.39 is 0 Å². The van der Waals surface area contributed by atoms with Crippen molar-refractivity contribution in [3.05, 3.63) is 29.8 Å². The van der Waals surface area contributed by atoms with Crippen LogP contribution in [0.25, 0.3) is 0 Å². The minimum atomic E-state index is 0.636. The first-order valence-corrected chi connectivity index (χ1v) is 7.85. The van der Waals surface area contributed by atoms with Crippen LogP contribution < -0.4 is 4.74 Å². The Hall–Kier alpha value is -1.57. The molecule has 1 fully saturated rings. The molecule has 1 aromatic rings. The number of hydrogen-bond donors (Lipinski definition) is 0. The van der Waals surface area contributed by atoms with Gasteiger partial charge < -0.3 is 4.74 Å². The second-order valence-electron chi connectivity index (χ2n) is 5.52. The molecule has 1 heterocycles. The highest BCUT2D eigenvalue weighted by molar-refractivity contribution is 5.28. The molecule has 1 aliphatic rings. The molecule has 21 heavy (non-hydrogen) atoms. The summed E-state index contributed by atoms with van der Waals surface area (Å²) in [5.41, 5.74) is 1.31. The second kappa shape index (κ2) is 8.66. The van der Waals surface area contributed by atoms with E-state index in [1.807, 2.05) is 6.07 Å². The van der Waals surface area contributed by atoms with Gasteiger partial charge in [0.1, 0.15) is 5.75 Å². The predicted octanol–water partition coefficient (Wildman–Crippen LogP) is 2.51. The Balaban J connectivity index is 1.79. The third-order valence-corrected chi connectivity index (χ3v) is 3.78. The highest BCUT2D eigenvalue weighted by Gasteiger charge is 2.16. The molecule has 1 aromatic carbocycles. The number of rotatable bonds is 7. The van der Waals surface area contributed by atoms with Gasteiger partial charge in [0.05, 0.1) is 12.7 Å². The molecule has 0 atom stereocenters. The minimum Gasteiger partial charge on any atom is -0.494 e. The molecule has 2 rings (SSSR count). The van der Waals surface area contributed by atoms with Gasteiger partial charge in [-0.2, -0.15) is 5.26 Å². The minimum absolute atomic E-state index is 0.636. The molecule has 0 bridgehead atoms. The van der Waals surface area contributed by atoms with Crippen LogP contribution in [0.3, 0.4) is 0 Å². The Morgan fingerprint density at radius 1 is 1.19 bits per heavy atom. The van der Waals surface area contributed by atoms with Crippen molar-refractivity contribution >= 4 is 0 Å². The van der Waals surface area contributed by atoms with Crippen LogP contribution in [-0.2, 0) is 6.54 Å². The maximum Gasteiger partial charge on any atom is 0.119 e. The molecule has 0 amide bonds. The summed E-state index contributed by atoms with van der Waals surface area (Å²) in [5, 5.41) is 8.63. The molecule has 0 saturated carbocycles. The lowest BCUT2D eigenvalue weighted by molar-refractivity contribution is 0.129. The second-order valence-corrected chi connectivity index (χ2v) is 5.52. The van der Waals surface area contributed by atoms with Crippen LogP contribution in [0.2, 0.25) is 0 Å². The monoisotopic (exact) mass is 287 g/mol. The lowest BCUT2D eigenvalue weighted by atomic mass is 10.2. The third-order valence-electron chi connectivity index (χ3n) is 3.78. The van der Waals surface area contributed by atoms with Gasteiger partial charge in [0, 0.05) is 45.7 Å². The van der Waals surface area contributed by atoms with Crippen molar-refractivity contribution in [1.29, 1.82) is 5.26 Å². The number of ether oxygens (including phenoxy) is 1. The first-order chi connectivity index (χ1) is 10.3. The fourth-order valence-corrected chi connectivity index (χ4v) is 2.59. The van der Waals surface area contributed by atoms with Gasteiger partial charge in [-0.1, -0.05) is 19.1 Å². The zero-order valence-corrected chi connectivity index (χ0v) is 12.9. The molecular formula is C17H25N3O. The van der Waals surface area contributed by atoms with E-state index in [4.69, 9.17) is 10.00 Å². The fraction of sp³-hybridized carbons (Fsp3) is 0.588. The van der Waals surface area contributed by atoms with Crippen molar-refractivity contribution in [2.45, 2.75) is 26.3 Å². The van der Waals surface area contributed by atoms with E-state index in [-0.39, 0.29) is 0 Å². The van der Waals surface area contributed by atoms with E-state index in [2.05, 4.69) is 41.0 Å². The molecular weight excluding hydrogens is 262 g/mol. The van der Waals surface area contributed by atoms with Crippen LogP contribution >= 0.6 is 0 Å². The molecule has 0 aromatic heterocycles. The molecule has 0 spiro atoms. The van der Waals surface area contributed by atoms with Crippen molar-refractivity contribution in [1.82, 2.24) is 9.80 Å². The van der Waals surface area contributed by atoms with E-state index in [0.717, 1.165) is 58.0 Å². The number of hydrogen-bond acceptors (Lipinski definition) is 4. The van der Waals surface area contributed by atoms with Gasteiger partial charge in [0.25, 0.3) is 0 Å². The van der Waals surface area contributed by atoms with Crippen molar-refractivity contribution in [2.75, 3.05) is 39.3 Å². The lowest BCUT2D eigenvalue weighted by Crippen LogP contribution is -2.46. The summed E-state index contributed by atoms with van der Waals surface area (Å²) in [6, 6.07) is 10.6. The highest BCUT2D eigenvalue weighted by Crippen LogP contribution is 2.16. The quantitative estimate of drug-likeness (QED) is 0.772. The van der Waals surface area contributed by atoms with Gasteiger partial charge in [-0.05, 0) is 24.1 Å². The molecule has 0 radical (unpaired) electrons. The topological polar surface area (TPSA) is 39.5 Å². The van der Waals surface area contributed by atoms with Crippen molar-refractivity contribution in [3.63, 3.8) is 0 Å². The van der Waals surface area contributed by atoms with Gasteiger partial charge in [-0.25, -0.2) is 0 Å². The van der Waals surface area contributed by atoms with Crippen LogP contribution in [0, 0.1) is 11.3 Å². The Labute approximate surface area is 127 Å². The van der Waals surface area contributed by atoms with E-state index in [0.29, 0.717) is 6.42 Å². The van der Waals surface area contributed by atoms with Gasteiger partial charge in [-0.15, -0.1) is 0 Å². The standard InChI is InChI=1S/C17H25N3O/c1-2-13-21-17-6-3-5-16(14-17)15-20-11-9-19(10-12-20)8-4-7-18/h3,5-6,14H,2,4,8-13,15H2,1H3. The summed E-state index contributed by atoms with van der Waals surface area (Å²) >= 11 is 0. The van der Waals surface area contributed by atoms with Crippen molar-refractivity contribution in [2.24, 2.45) is 0 Å². The largest absolute Gasteiger partial charge is 0.494 e. The van der Waals surface area contributed by atoms with Crippen molar-refractivity contribution in [3.8, 4) is 11.8 Å². The molecule has 0 aliphatic carbocycles. The fourth-order valence-electron chi connectivity index (χ4n) is 2.59. The Bertz CT molecular complexity index is 461. The molecule has 1 aliphatic heterocycles. The number of benzene rings is 1. The summed E-state index contributed by atoms with van der Waals surface area (Å²) < 4.78 is 5.69. The number of piperazine rings is 1. The normalized spacial score (nSPS) is 16.6. The number of nitriles is 1. The molecule has 4 nitrogen and oxygen atoms in total. The SMILES string of the molecule is CCCOc1cccc(CN2CCN(CCC#N)CC2)c1. The maximum atomic E-state index is 8.63. The highest BCUT2D eigenvalue weighted by atomic mass is 16.5. The lowest BCUT2D eigenvalue weighted by Gasteiger charge is -2.34. The van der Waals surface area contributed by atoms with E-state index in [1.54, 1.807) is 0 Å². The molecule has 0 unspecified atom stereocenters. The van der Waals surface area contributed by atoms with Gasteiger partial charge in [0.2, 0.25) is 0 Å². The van der Waals surface area contributed by atoms with Crippen LogP contribution in [0.4, 0.5) is 0 Å². The molecule has 1 saturated heterocycles. The average molecular weight is 287 g/mol. The van der Waals surface area contributed by atoms with Crippen LogP contribution in [0.1, 0.15) is 25.3 Å². The van der Waals surface area contributed by atoms with E-state index in [9.17, 15) is 0 Å². The summed E-state index contributed by atoms with van der Waals surface area (Å²) in [7, 11) is 0. The molecule has 114 valence electrons. The molecule has 0 N–H and O–H groups in total. The molecule has 4 heteroatoms. The summed E-state index contributed by atoms with van der Waals surface area (Å²) in [6.07, 6.45) is 1.67. The van der Waals surface area contributed by atoms with E-state index in [1.165, 1.54) is 5.56 Å². The summed E-state index contributed by atoms with van der Waals surface area (Å²) in [5.74, 6) is 0.974. The third kappa shape index (κ3) is 5.37. The zero-order valence-electron chi connectivity index (χ0n) is 12.9. The van der Waals surface area contributed by atoms with E-state index >= 15 is 0 Å². The summed E-state index contributed by atoms with van der Waals surface area (Å²) in [4.78, 5) is 4.85. The number of nitrogens with zero attached hydrogens (tertiary/aromatic N) is 3. The van der Waals surface area contributed by atoms with Crippen LogP contribution in [0.15, 0.2) is 24.3 Å². The Morgan fingerprint density at radius 2 is 1.95 bits per heavy atom. The van der Waals surface area contributed by atoms with Gasteiger partial charge >= 0.3 is 0 Å². The van der Waals surface area contributed by atoms with Crippen LogP contribution in [0.5, 0.6) is 5.75 Å². The maximum absolute atomic E-state index is 8.63. The smallest absolute Gasteiger partial charge is 0.119 e. The van der Waals surface area contributed by atoms with Crippen molar-refractivity contribution < 1.29 is 4.74 Å². The predicted molar refractivity (Wildman–Crippen MR) is 84.2 cm³/mol.